The summed E-state index contributed by atoms with van der Waals surface area (Å²) in [5.74, 6) is 1.23. The molecule has 2 atom stereocenters. The van der Waals surface area contributed by atoms with E-state index in [0.717, 1.165) is 29.5 Å². The number of rotatable bonds is 7. The van der Waals surface area contributed by atoms with E-state index in [-0.39, 0.29) is 23.3 Å². The van der Waals surface area contributed by atoms with Crippen molar-refractivity contribution in [2.75, 3.05) is 5.75 Å². The molecule has 0 aliphatic heterocycles. The van der Waals surface area contributed by atoms with Crippen molar-refractivity contribution in [3.05, 3.63) is 33.4 Å². The lowest BCUT2D eigenvalue weighted by Gasteiger charge is -2.18. The predicted octanol–water partition coefficient (Wildman–Crippen LogP) is 4.02. The topological polar surface area (TPSA) is 64.0 Å². The first kappa shape index (κ1) is 21.1. The molecule has 1 aliphatic carbocycles. The molecule has 0 aromatic carbocycles. The average molecular weight is 420 g/mol. The molecule has 2 aromatic rings. The Bertz CT molecular complexity index is 945. The van der Waals surface area contributed by atoms with Gasteiger partial charge in [0.2, 0.25) is 5.91 Å². The van der Waals surface area contributed by atoms with Gasteiger partial charge >= 0.3 is 0 Å². The third-order valence-corrected chi connectivity index (χ3v) is 7.54. The molecule has 0 saturated carbocycles. The summed E-state index contributed by atoms with van der Waals surface area (Å²) in [6.45, 7) is 12.6. The molecule has 0 fully saturated rings. The Balaban J connectivity index is 1.91. The van der Waals surface area contributed by atoms with Crippen LogP contribution in [0.25, 0.3) is 10.2 Å². The highest BCUT2D eigenvalue weighted by atomic mass is 32.2. The van der Waals surface area contributed by atoms with Crippen LogP contribution in [-0.2, 0) is 24.2 Å². The fourth-order valence-electron chi connectivity index (χ4n) is 3.40. The highest BCUT2D eigenvalue weighted by Crippen LogP contribution is 2.36. The maximum Gasteiger partial charge on any atom is 0.263 e. The lowest BCUT2D eigenvalue weighted by Crippen LogP contribution is -2.37. The number of aromatic nitrogens is 2. The minimum absolute atomic E-state index is 0.00425. The fourth-order valence-corrected chi connectivity index (χ4v) is 5.64. The van der Waals surface area contributed by atoms with Gasteiger partial charge in [-0.25, -0.2) is 4.98 Å². The number of fused-ring (bicyclic) bond motifs is 3. The van der Waals surface area contributed by atoms with Crippen molar-refractivity contribution in [2.45, 2.75) is 64.7 Å². The lowest BCUT2D eigenvalue weighted by molar-refractivity contribution is -0.119. The summed E-state index contributed by atoms with van der Waals surface area (Å²) in [6.07, 6.45) is 4.80. The molecule has 2 aromatic heterocycles. The number of thiophene rings is 1. The SMILES string of the molecule is C=CCn1c(SCC(=O)N[C@@H](C)C(C)C)nc2sc3c(c2c1=O)CC[C@H](C)C3. The Labute approximate surface area is 174 Å². The van der Waals surface area contributed by atoms with E-state index in [1.165, 1.54) is 22.2 Å². The number of nitrogens with one attached hydrogen (secondary N) is 1. The van der Waals surface area contributed by atoms with Crippen LogP contribution < -0.4 is 10.9 Å². The number of aryl methyl sites for hydroxylation is 1. The smallest absolute Gasteiger partial charge is 0.263 e. The largest absolute Gasteiger partial charge is 0.353 e. The first-order valence-electron chi connectivity index (χ1n) is 9.90. The van der Waals surface area contributed by atoms with Crippen LogP contribution in [0, 0.1) is 11.8 Å². The molecule has 7 heteroatoms. The normalized spacial score (nSPS) is 17.5. The molecule has 152 valence electrons. The van der Waals surface area contributed by atoms with Crippen LogP contribution in [0.1, 0.15) is 44.6 Å². The van der Waals surface area contributed by atoms with Gasteiger partial charge in [-0.05, 0) is 43.6 Å². The standard InChI is InChI=1S/C21H29N3O2S2/c1-6-9-24-20(26)18-15-8-7-13(4)10-16(15)28-19(18)23-21(24)27-11-17(25)22-14(5)12(2)3/h6,12-14H,1,7-11H2,2-5H3,(H,22,25)/t13-,14-/m0/s1. The summed E-state index contributed by atoms with van der Waals surface area (Å²) in [5.41, 5.74) is 1.18. The van der Waals surface area contributed by atoms with Gasteiger partial charge in [0.1, 0.15) is 4.83 Å². The van der Waals surface area contributed by atoms with Gasteiger partial charge in [-0.15, -0.1) is 17.9 Å². The molecule has 0 bridgehead atoms. The molecule has 0 saturated heterocycles. The fraction of sp³-hybridized carbons (Fsp3) is 0.571. The lowest BCUT2D eigenvalue weighted by atomic mass is 9.89. The van der Waals surface area contributed by atoms with Crippen molar-refractivity contribution in [1.82, 2.24) is 14.9 Å². The van der Waals surface area contributed by atoms with E-state index in [0.29, 0.717) is 23.5 Å². The van der Waals surface area contributed by atoms with Crippen LogP contribution in [0.5, 0.6) is 0 Å². The number of hydrogen-bond acceptors (Lipinski definition) is 5. The van der Waals surface area contributed by atoms with Gasteiger partial charge in [0, 0.05) is 17.5 Å². The van der Waals surface area contributed by atoms with Crippen LogP contribution in [0.3, 0.4) is 0 Å². The minimum Gasteiger partial charge on any atom is -0.353 e. The second-order valence-electron chi connectivity index (χ2n) is 8.02. The zero-order valence-corrected chi connectivity index (χ0v) is 18.7. The third-order valence-electron chi connectivity index (χ3n) is 5.41. The van der Waals surface area contributed by atoms with Crippen LogP contribution >= 0.6 is 23.1 Å². The quantitative estimate of drug-likeness (QED) is 0.418. The summed E-state index contributed by atoms with van der Waals surface area (Å²) in [5, 5.41) is 4.37. The van der Waals surface area contributed by atoms with Crippen molar-refractivity contribution in [2.24, 2.45) is 11.8 Å². The highest BCUT2D eigenvalue weighted by molar-refractivity contribution is 7.99. The van der Waals surface area contributed by atoms with Gasteiger partial charge in [-0.1, -0.05) is 38.6 Å². The second-order valence-corrected chi connectivity index (χ2v) is 10.0. The molecular formula is C21H29N3O2S2. The van der Waals surface area contributed by atoms with Crippen LogP contribution in [0.4, 0.5) is 0 Å². The number of carbonyl (C=O) groups is 1. The zero-order valence-electron chi connectivity index (χ0n) is 17.1. The van der Waals surface area contributed by atoms with E-state index in [9.17, 15) is 9.59 Å². The summed E-state index contributed by atoms with van der Waals surface area (Å²) >= 11 is 2.97. The third kappa shape index (κ3) is 4.35. The zero-order chi connectivity index (χ0) is 20.4. The Hall–Kier alpha value is -1.60. The Morgan fingerprint density at radius 3 is 2.89 bits per heavy atom. The summed E-state index contributed by atoms with van der Waals surface area (Å²) in [7, 11) is 0. The van der Waals surface area contributed by atoms with Gasteiger partial charge in [0.15, 0.2) is 5.16 Å². The monoisotopic (exact) mass is 419 g/mol. The van der Waals surface area contributed by atoms with Crippen molar-refractivity contribution >= 4 is 39.2 Å². The molecule has 3 rings (SSSR count). The number of thioether (sulfide) groups is 1. The van der Waals surface area contributed by atoms with E-state index in [2.05, 4.69) is 32.7 Å². The number of amides is 1. The molecule has 5 nitrogen and oxygen atoms in total. The van der Waals surface area contributed by atoms with Crippen molar-refractivity contribution < 1.29 is 4.79 Å². The molecule has 0 unspecified atom stereocenters. The highest BCUT2D eigenvalue weighted by Gasteiger charge is 2.24. The average Bonchev–Trinajstić information content (AvgIpc) is 2.99. The maximum atomic E-state index is 13.2. The molecule has 0 spiro atoms. The van der Waals surface area contributed by atoms with E-state index >= 15 is 0 Å². The van der Waals surface area contributed by atoms with Gasteiger partial charge in [0.25, 0.3) is 5.56 Å². The Kier molecular flexibility index (Phi) is 6.65. The van der Waals surface area contributed by atoms with Gasteiger partial charge in [-0.2, -0.15) is 0 Å². The van der Waals surface area contributed by atoms with E-state index in [1.807, 2.05) is 6.92 Å². The number of hydrogen-bond donors (Lipinski definition) is 1. The van der Waals surface area contributed by atoms with Crippen molar-refractivity contribution in [3.63, 3.8) is 0 Å². The molecule has 28 heavy (non-hydrogen) atoms. The first-order chi connectivity index (χ1) is 13.3. The van der Waals surface area contributed by atoms with E-state index < -0.39 is 0 Å². The number of carbonyl (C=O) groups excluding carboxylic acids is 1. The Morgan fingerprint density at radius 2 is 2.21 bits per heavy atom. The predicted molar refractivity (Wildman–Crippen MR) is 118 cm³/mol. The molecule has 1 aliphatic rings. The van der Waals surface area contributed by atoms with E-state index in [4.69, 9.17) is 4.98 Å². The summed E-state index contributed by atoms with van der Waals surface area (Å²) in [6, 6.07) is 0.116. The maximum absolute atomic E-state index is 13.2. The molecular weight excluding hydrogens is 390 g/mol. The summed E-state index contributed by atoms with van der Waals surface area (Å²) < 4.78 is 1.66. The van der Waals surface area contributed by atoms with Gasteiger partial charge in [-0.3, -0.25) is 14.2 Å². The molecule has 1 amide bonds. The van der Waals surface area contributed by atoms with Crippen LogP contribution in [0.15, 0.2) is 22.6 Å². The molecule has 1 N–H and O–H groups in total. The second kappa shape index (κ2) is 8.82. The Morgan fingerprint density at radius 1 is 1.46 bits per heavy atom. The van der Waals surface area contributed by atoms with Crippen LogP contribution in [-0.4, -0.2) is 27.3 Å². The van der Waals surface area contributed by atoms with Gasteiger partial charge in [0.05, 0.1) is 11.1 Å². The van der Waals surface area contributed by atoms with Crippen LogP contribution in [0.2, 0.25) is 0 Å². The van der Waals surface area contributed by atoms with E-state index in [1.54, 1.807) is 22.0 Å². The van der Waals surface area contributed by atoms with Crippen molar-refractivity contribution in [1.29, 1.82) is 0 Å². The van der Waals surface area contributed by atoms with Crippen molar-refractivity contribution in [3.8, 4) is 0 Å². The minimum atomic E-state index is -0.0370. The molecule has 0 radical (unpaired) electrons. The first-order valence-corrected chi connectivity index (χ1v) is 11.7. The summed E-state index contributed by atoms with van der Waals surface area (Å²) in [4.78, 5) is 32.4. The molecule has 2 heterocycles. The number of nitrogens with zero attached hydrogens (tertiary/aromatic N) is 2. The number of allylic oxidation sites excluding steroid dienone is 1. The van der Waals surface area contributed by atoms with Gasteiger partial charge < -0.3 is 5.32 Å².